The molecule has 0 atom stereocenters. The van der Waals surface area contributed by atoms with Crippen molar-refractivity contribution in [3.8, 4) is 6.07 Å². The van der Waals surface area contributed by atoms with Crippen molar-refractivity contribution in [2.75, 3.05) is 11.9 Å². The summed E-state index contributed by atoms with van der Waals surface area (Å²) >= 11 is 0. The van der Waals surface area contributed by atoms with Crippen LogP contribution in [0.3, 0.4) is 0 Å². The molecule has 4 nitrogen and oxygen atoms in total. The average Bonchev–Trinajstić information content (AvgIpc) is 2.40. The van der Waals surface area contributed by atoms with Crippen LogP contribution in [0.5, 0.6) is 0 Å². The first-order chi connectivity index (χ1) is 8.81. The van der Waals surface area contributed by atoms with E-state index in [4.69, 9.17) is 5.26 Å². The fraction of sp³-hybridized carbons (Fsp3) is 0.214. The summed E-state index contributed by atoms with van der Waals surface area (Å²) < 4.78 is 0. The maximum absolute atomic E-state index is 9.08. The van der Waals surface area contributed by atoms with Gasteiger partial charge in [0.05, 0.1) is 5.56 Å². The maximum Gasteiger partial charge on any atom is 0.144 e. The predicted octanol–water partition coefficient (Wildman–Crippen LogP) is 2.31. The van der Waals surface area contributed by atoms with Crippen molar-refractivity contribution in [3.63, 3.8) is 0 Å². The molecule has 0 spiro atoms. The van der Waals surface area contributed by atoms with Crippen LogP contribution in [0.2, 0.25) is 0 Å². The summed E-state index contributed by atoms with van der Waals surface area (Å²) in [6, 6.07) is 7.98. The van der Waals surface area contributed by atoms with Crippen LogP contribution in [-0.2, 0) is 6.42 Å². The fourth-order valence-corrected chi connectivity index (χ4v) is 1.71. The highest BCUT2D eigenvalue weighted by molar-refractivity contribution is 5.55. The number of anilines is 1. The van der Waals surface area contributed by atoms with Gasteiger partial charge in [-0.1, -0.05) is 0 Å². The van der Waals surface area contributed by atoms with Gasteiger partial charge in [-0.25, -0.2) is 4.98 Å². The SMILES string of the molecule is Cc1ccnc(NCCc2ccncc2)c1C#N. The molecule has 0 aliphatic rings. The molecule has 0 fully saturated rings. The monoisotopic (exact) mass is 238 g/mol. The number of aromatic nitrogens is 2. The topological polar surface area (TPSA) is 61.6 Å². The first kappa shape index (κ1) is 12.1. The van der Waals surface area contributed by atoms with Crippen LogP contribution in [0.1, 0.15) is 16.7 Å². The molecule has 1 N–H and O–H groups in total. The molecule has 2 rings (SSSR count). The van der Waals surface area contributed by atoms with E-state index in [0.29, 0.717) is 11.4 Å². The number of nitrogens with zero attached hydrogens (tertiary/aromatic N) is 3. The molecule has 0 aliphatic carbocycles. The second-order valence-electron chi connectivity index (χ2n) is 4.00. The minimum absolute atomic E-state index is 0.618. The third kappa shape index (κ3) is 2.83. The summed E-state index contributed by atoms with van der Waals surface area (Å²) in [4.78, 5) is 8.17. The summed E-state index contributed by atoms with van der Waals surface area (Å²) in [5, 5.41) is 12.3. The standard InChI is InChI=1S/C14H14N4/c1-11-2-8-17-14(13(11)10-15)18-9-5-12-3-6-16-7-4-12/h2-4,6-8H,5,9H2,1H3,(H,17,18). The van der Waals surface area contributed by atoms with E-state index in [1.807, 2.05) is 25.1 Å². The molecule has 0 amide bonds. The number of pyridine rings is 2. The van der Waals surface area contributed by atoms with Gasteiger partial charge >= 0.3 is 0 Å². The van der Waals surface area contributed by atoms with Gasteiger partial charge in [0.1, 0.15) is 11.9 Å². The second-order valence-corrected chi connectivity index (χ2v) is 4.00. The maximum atomic E-state index is 9.08. The Bertz CT molecular complexity index is 558. The first-order valence-electron chi connectivity index (χ1n) is 5.79. The van der Waals surface area contributed by atoms with Gasteiger partial charge in [0.25, 0.3) is 0 Å². The van der Waals surface area contributed by atoms with Crippen molar-refractivity contribution in [2.45, 2.75) is 13.3 Å². The Morgan fingerprint density at radius 2 is 2.00 bits per heavy atom. The van der Waals surface area contributed by atoms with Crippen LogP contribution in [0.25, 0.3) is 0 Å². The molecule has 0 saturated carbocycles. The molecule has 4 heteroatoms. The quantitative estimate of drug-likeness (QED) is 0.887. The van der Waals surface area contributed by atoms with Gasteiger partial charge in [-0.2, -0.15) is 5.26 Å². The Hall–Kier alpha value is -2.41. The molecule has 2 heterocycles. The first-order valence-corrected chi connectivity index (χ1v) is 5.79. The van der Waals surface area contributed by atoms with E-state index in [1.165, 1.54) is 5.56 Å². The largest absolute Gasteiger partial charge is 0.369 e. The molecular weight excluding hydrogens is 224 g/mol. The third-order valence-corrected chi connectivity index (χ3v) is 2.73. The third-order valence-electron chi connectivity index (χ3n) is 2.73. The number of hydrogen-bond donors (Lipinski definition) is 1. The highest BCUT2D eigenvalue weighted by Crippen LogP contribution is 2.14. The Morgan fingerprint density at radius 1 is 1.22 bits per heavy atom. The molecule has 0 unspecified atom stereocenters. The van der Waals surface area contributed by atoms with Gasteiger partial charge < -0.3 is 5.32 Å². The summed E-state index contributed by atoms with van der Waals surface area (Å²) in [5.41, 5.74) is 2.77. The lowest BCUT2D eigenvalue weighted by atomic mass is 10.1. The number of aryl methyl sites for hydroxylation is 1. The molecule has 90 valence electrons. The Labute approximate surface area is 106 Å². The molecule has 18 heavy (non-hydrogen) atoms. The van der Waals surface area contributed by atoms with Crippen LogP contribution in [0, 0.1) is 18.3 Å². The van der Waals surface area contributed by atoms with Gasteiger partial charge in [0.2, 0.25) is 0 Å². The van der Waals surface area contributed by atoms with Gasteiger partial charge in [0, 0.05) is 25.1 Å². The van der Waals surface area contributed by atoms with Gasteiger partial charge in [-0.15, -0.1) is 0 Å². The Kier molecular flexibility index (Phi) is 3.87. The van der Waals surface area contributed by atoms with Crippen molar-refractivity contribution in [3.05, 3.63) is 53.5 Å². The fourth-order valence-electron chi connectivity index (χ4n) is 1.71. The molecular formula is C14H14N4. The van der Waals surface area contributed by atoms with E-state index < -0.39 is 0 Å². The molecule has 0 saturated heterocycles. The van der Waals surface area contributed by atoms with Crippen LogP contribution in [0.15, 0.2) is 36.8 Å². The predicted molar refractivity (Wildman–Crippen MR) is 70.1 cm³/mol. The molecule has 0 bridgehead atoms. The van der Waals surface area contributed by atoms with E-state index in [-0.39, 0.29) is 0 Å². The van der Waals surface area contributed by atoms with Crippen LogP contribution < -0.4 is 5.32 Å². The molecule has 0 radical (unpaired) electrons. The van der Waals surface area contributed by atoms with E-state index >= 15 is 0 Å². The summed E-state index contributed by atoms with van der Waals surface area (Å²) in [5.74, 6) is 0.659. The van der Waals surface area contributed by atoms with Crippen LogP contribution in [0.4, 0.5) is 5.82 Å². The van der Waals surface area contributed by atoms with Crippen LogP contribution in [-0.4, -0.2) is 16.5 Å². The lowest BCUT2D eigenvalue weighted by Gasteiger charge is -2.08. The summed E-state index contributed by atoms with van der Waals surface area (Å²) in [7, 11) is 0. The molecule has 2 aromatic rings. The lowest BCUT2D eigenvalue weighted by Crippen LogP contribution is -2.08. The lowest BCUT2D eigenvalue weighted by molar-refractivity contribution is 0.997. The van der Waals surface area contributed by atoms with Crippen molar-refractivity contribution in [1.29, 1.82) is 5.26 Å². The Balaban J connectivity index is 1.99. The van der Waals surface area contributed by atoms with Crippen LogP contribution >= 0.6 is 0 Å². The van der Waals surface area contributed by atoms with Gasteiger partial charge in [0.15, 0.2) is 0 Å². The molecule has 2 aromatic heterocycles. The van der Waals surface area contributed by atoms with E-state index in [2.05, 4.69) is 21.4 Å². The van der Waals surface area contributed by atoms with Gasteiger partial charge in [-0.3, -0.25) is 4.98 Å². The molecule has 0 aromatic carbocycles. The van der Waals surface area contributed by atoms with Crippen molar-refractivity contribution < 1.29 is 0 Å². The highest BCUT2D eigenvalue weighted by Gasteiger charge is 2.05. The average molecular weight is 238 g/mol. The van der Waals surface area contributed by atoms with E-state index in [9.17, 15) is 0 Å². The number of hydrogen-bond acceptors (Lipinski definition) is 4. The smallest absolute Gasteiger partial charge is 0.144 e. The second kappa shape index (κ2) is 5.78. The zero-order chi connectivity index (χ0) is 12.8. The minimum atomic E-state index is 0.618. The number of rotatable bonds is 4. The van der Waals surface area contributed by atoms with Crippen molar-refractivity contribution in [1.82, 2.24) is 9.97 Å². The summed E-state index contributed by atoms with van der Waals surface area (Å²) in [6.45, 7) is 2.66. The minimum Gasteiger partial charge on any atom is -0.369 e. The van der Waals surface area contributed by atoms with E-state index in [1.54, 1.807) is 18.6 Å². The van der Waals surface area contributed by atoms with Crippen molar-refractivity contribution >= 4 is 5.82 Å². The highest BCUT2D eigenvalue weighted by atomic mass is 15.0. The molecule has 0 aliphatic heterocycles. The zero-order valence-corrected chi connectivity index (χ0v) is 10.2. The van der Waals surface area contributed by atoms with Crippen molar-refractivity contribution in [2.24, 2.45) is 0 Å². The summed E-state index contributed by atoms with van der Waals surface area (Å²) in [6.07, 6.45) is 6.15. The Morgan fingerprint density at radius 3 is 2.72 bits per heavy atom. The normalized spacial score (nSPS) is 9.78. The number of nitriles is 1. The zero-order valence-electron chi connectivity index (χ0n) is 10.2. The van der Waals surface area contributed by atoms with E-state index in [0.717, 1.165) is 18.5 Å². The number of nitrogens with one attached hydrogen (secondary N) is 1. The van der Waals surface area contributed by atoms with Gasteiger partial charge in [-0.05, 0) is 42.7 Å².